The lowest BCUT2D eigenvalue weighted by Gasteiger charge is -2.10. The number of aromatic amines is 1. The third-order valence-electron chi connectivity index (χ3n) is 3.59. The van der Waals surface area contributed by atoms with Crippen LogP contribution in [0.3, 0.4) is 0 Å². The van der Waals surface area contributed by atoms with Crippen molar-refractivity contribution in [3.63, 3.8) is 0 Å². The molecular weight excluding hydrogens is 322 g/mol. The number of rotatable bonds is 5. The van der Waals surface area contributed by atoms with Crippen molar-refractivity contribution in [1.82, 2.24) is 20.6 Å². The Labute approximate surface area is 143 Å². The number of benzene rings is 1. The molecule has 0 atom stereocenters. The Morgan fingerprint density at radius 1 is 1.28 bits per heavy atom. The van der Waals surface area contributed by atoms with Crippen LogP contribution in [0.15, 0.2) is 53.9 Å². The van der Waals surface area contributed by atoms with E-state index in [1.165, 1.54) is 0 Å². The van der Waals surface area contributed by atoms with Gasteiger partial charge in [-0.2, -0.15) is 0 Å². The van der Waals surface area contributed by atoms with E-state index in [1.54, 1.807) is 24.5 Å². The lowest BCUT2D eigenvalue weighted by atomic mass is 10.2. The van der Waals surface area contributed by atoms with Crippen molar-refractivity contribution >= 4 is 22.7 Å². The van der Waals surface area contributed by atoms with Gasteiger partial charge in [-0.3, -0.25) is 0 Å². The molecule has 0 saturated carbocycles. The van der Waals surface area contributed by atoms with Crippen molar-refractivity contribution < 1.29 is 5.03 Å². The number of H-pyrrole nitrogens is 1. The van der Waals surface area contributed by atoms with Gasteiger partial charge in [0, 0.05) is 36.6 Å². The zero-order valence-corrected chi connectivity index (χ0v) is 13.3. The Hall–Kier alpha value is -3.62. The van der Waals surface area contributed by atoms with E-state index in [-0.39, 0.29) is 5.96 Å². The summed E-state index contributed by atoms with van der Waals surface area (Å²) >= 11 is 0. The smallest absolute Gasteiger partial charge is 0.269 e. The highest BCUT2D eigenvalue weighted by atomic mass is 16.7. The monoisotopic (exact) mass is 339 g/mol. The van der Waals surface area contributed by atoms with Crippen molar-refractivity contribution in [1.29, 1.82) is 0 Å². The first-order valence-corrected chi connectivity index (χ1v) is 7.58. The number of nitro groups is 1. The Balaban J connectivity index is 1.69. The highest BCUT2D eigenvalue weighted by Gasteiger charge is 2.08. The molecular formula is C16H17N7O2. The Bertz CT molecular complexity index is 919. The zero-order chi connectivity index (χ0) is 17.6. The van der Waals surface area contributed by atoms with Crippen molar-refractivity contribution in [2.75, 3.05) is 5.73 Å². The van der Waals surface area contributed by atoms with Gasteiger partial charge in [-0.1, -0.05) is 12.1 Å². The molecule has 0 amide bonds. The molecule has 5 N–H and O–H groups in total. The van der Waals surface area contributed by atoms with E-state index in [9.17, 15) is 10.1 Å². The van der Waals surface area contributed by atoms with E-state index < -0.39 is 5.03 Å². The molecule has 9 nitrogen and oxygen atoms in total. The SMILES string of the molecule is Nc1cccc(CN/C(=N\[N+](=O)[O-])NCc2ccnc3[nH]ccc23)c1. The van der Waals surface area contributed by atoms with Gasteiger partial charge in [0.2, 0.25) is 0 Å². The molecule has 0 bridgehead atoms. The zero-order valence-electron chi connectivity index (χ0n) is 13.3. The summed E-state index contributed by atoms with van der Waals surface area (Å²) in [4.78, 5) is 18.0. The second-order valence-electron chi connectivity index (χ2n) is 5.35. The van der Waals surface area contributed by atoms with E-state index in [0.717, 1.165) is 22.2 Å². The van der Waals surface area contributed by atoms with Gasteiger partial charge in [0.15, 0.2) is 5.03 Å². The van der Waals surface area contributed by atoms with Crippen LogP contribution in [0.4, 0.5) is 5.69 Å². The third-order valence-corrected chi connectivity index (χ3v) is 3.59. The maximum atomic E-state index is 10.8. The number of hydrazone groups is 1. The molecule has 3 rings (SSSR count). The second-order valence-corrected chi connectivity index (χ2v) is 5.35. The minimum atomic E-state index is -0.743. The number of nitrogens with one attached hydrogen (secondary N) is 3. The number of aromatic nitrogens is 2. The average Bonchev–Trinajstić information content (AvgIpc) is 3.06. The van der Waals surface area contributed by atoms with Gasteiger partial charge in [0.05, 0.1) is 0 Å². The van der Waals surface area contributed by atoms with E-state index in [0.29, 0.717) is 18.8 Å². The number of pyridine rings is 1. The number of hydrogen-bond acceptors (Lipinski definition) is 4. The van der Waals surface area contributed by atoms with Crippen molar-refractivity contribution in [2.24, 2.45) is 5.10 Å². The van der Waals surface area contributed by atoms with Crippen LogP contribution < -0.4 is 16.4 Å². The molecule has 0 aliphatic carbocycles. The van der Waals surface area contributed by atoms with E-state index in [2.05, 4.69) is 25.7 Å². The highest BCUT2D eigenvalue weighted by Crippen LogP contribution is 2.14. The molecule has 25 heavy (non-hydrogen) atoms. The first-order valence-electron chi connectivity index (χ1n) is 7.58. The van der Waals surface area contributed by atoms with E-state index in [1.807, 2.05) is 24.3 Å². The summed E-state index contributed by atoms with van der Waals surface area (Å²) in [6, 6.07) is 11.0. The predicted molar refractivity (Wildman–Crippen MR) is 95.1 cm³/mol. The standard InChI is InChI=1S/C16H17N7O2/c17-13-3-1-2-11(8-13)9-20-16(22-23(24)25)21-10-12-4-6-18-15-14(12)5-7-19-15/h1-8H,9-10,17H2,(H,18,19)(H2,20,21,22). The summed E-state index contributed by atoms with van der Waals surface area (Å²) in [6.07, 6.45) is 3.48. The first kappa shape index (κ1) is 16.2. The van der Waals surface area contributed by atoms with Crippen LogP contribution in [0.2, 0.25) is 0 Å². The molecule has 0 aliphatic heterocycles. The minimum absolute atomic E-state index is 0.0768. The van der Waals surface area contributed by atoms with Crippen LogP contribution in [0, 0.1) is 10.1 Å². The summed E-state index contributed by atoms with van der Waals surface area (Å²) in [5, 5.41) is 20.2. The molecule has 0 spiro atoms. The van der Waals surface area contributed by atoms with Gasteiger partial charge in [0.25, 0.3) is 5.96 Å². The molecule has 2 aromatic heterocycles. The molecule has 2 heterocycles. The molecule has 1 aromatic carbocycles. The van der Waals surface area contributed by atoms with Crippen molar-refractivity contribution in [3.8, 4) is 0 Å². The number of nitrogens with zero attached hydrogens (tertiary/aromatic N) is 3. The van der Waals surface area contributed by atoms with Crippen LogP contribution in [-0.4, -0.2) is 21.0 Å². The largest absolute Gasteiger partial charge is 0.399 e. The van der Waals surface area contributed by atoms with Gasteiger partial charge in [-0.25, -0.2) is 15.1 Å². The van der Waals surface area contributed by atoms with Crippen molar-refractivity contribution in [2.45, 2.75) is 13.1 Å². The summed E-state index contributed by atoms with van der Waals surface area (Å²) in [5.41, 5.74) is 8.98. The summed E-state index contributed by atoms with van der Waals surface area (Å²) in [6.45, 7) is 0.730. The topological polar surface area (TPSA) is 134 Å². The Morgan fingerprint density at radius 3 is 2.92 bits per heavy atom. The molecule has 9 heteroatoms. The van der Waals surface area contributed by atoms with E-state index in [4.69, 9.17) is 5.73 Å². The molecule has 128 valence electrons. The summed E-state index contributed by atoms with van der Waals surface area (Å²) in [7, 11) is 0. The predicted octanol–water partition coefficient (Wildman–Crippen LogP) is 1.57. The second kappa shape index (κ2) is 7.30. The molecule has 0 radical (unpaired) electrons. The van der Waals surface area contributed by atoms with Crippen LogP contribution in [0.1, 0.15) is 11.1 Å². The molecule has 0 unspecified atom stereocenters. The van der Waals surface area contributed by atoms with Gasteiger partial charge < -0.3 is 21.4 Å². The van der Waals surface area contributed by atoms with E-state index >= 15 is 0 Å². The number of guanidine groups is 1. The fourth-order valence-electron chi connectivity index (χ4n) is 2.45. The van der Waals surface area contributed by atoms with Gasteiger partial charge in [-0.15, -0.1) is 0 Å². The number of nitrogen functional groups attached to an aromatic ring is 1. The maximum Gasteiger partial charge on any atom is 0.269 e. The van der Waals surface area contributed by atoms with Crippen LogP contribution in [0.5, 0.6) is 0 Å². The fraction of sp³-hybridized carbons (Fsp3) is 0.125. The maximum absolute atomic E-state index is 10.8. The van der Waals surface area contributed by atoms with Gasteiger partial charge in [0.1, 0.15) is 10.7 Å². The Kier molecular flexibility index (Phi) is 4.74. The fourth-order valence-corrected chi connectivity index (χ4v) is 2.45. The van der Waals surface area contributed by atoms with Crippen LogP contribution in [0.25, 0.3) is 11.0 Å². The third kappa shape index (κ3) is 4.22. The highest BCUT2D eigenvalue weighted by molar-refractivity contribution is 5.82. The quantitative estimate of drug-likeness (QED) is 0.183. The number of fused-ring (bicyclic) bond motifs is 1. The van der Waals surface area contributed by atoms with Gasteiger partial charge in [-0.05, 0) is 35.4 Å². The number of anilines is 1. The average molecular weight is 339 g/mol. The summed E-state index contributed by atoms with van der Waals surface area (Å²) < 4.78 is 0. The minimum Gasteiger partial charge on any atom is -0.399 e. The number of hydrogen-bond donors (Lipinski definition) is 4. The molecule has 0 aliphatic rings. The summed E-state index contributed by atoms with van der Waals surface area (Å²) in [5.74, 6) is 0.0768. The lowest BCUT2D eigenvalue weighted by Crippen LogP contribution is -2.37. The lowest BCUT2D eigenvalue weighted by molar-refractivity contribution is -0.485. The normalized spacial score (nSPS) is 11.4. The van der Waals surface area contributed by atoms with Crippen LogP contribution in [-0.2, 0) is 13.1 Å². The van der Waals surface area contributed by atoms with Crippen LogP contribution >= 0.6 is 0 Å². The molecule has 0 fully saturated rings. The van der Waals surface area contributed by atoms with Gasteiger partial charge >= 0.3 is 0 Å². The Morgan fingerprint density at radius 2 is 2.12 bits per heavy atom. The molecule has 3 aromatic rings. The van der Waals surface area contributed by atoms with Crippen molar-refractivity contribution in [3.05, 3.63) is 70.0 Å². The molecule has 0 saturated heterocycles. The first-order chi connectivity index (χ1) is 12.1. The number of nitrogens with two attached hydrogens (primary N) is 1.